The van der Waals surface area contributed by atoms with E-state index in [1.807, 2.05) is 43.3 Å². The summed E-state index contributed by atoms with van der Waals surface area (Å²) < 4.78 is 27.2. The molecular formula is C14H19N3O2S2. The molecule has 0 aliphatic carbocycles. The molecule has 0 fully saturated rings. The summed E-state index contributed by atoms with van der Waals surface area (Å²) in [5.41, 5.74) is 8.12. The standard InChI is InChI=1S/C14H19N3O2S2/c1-17(2)9-12-6-4-3-5-11(12)8-16-21(18,19)14-7-13(15)10-20-14/h3-7,10,16H,8-9,15H2,1-2H3. The first-order valence-electron chi connectivity index (χ1n) is 6.43. The Morgan fingerprint density at radius 2 is 1.90 bits per heavy atom. The molecule has 2 aromatic rings. The van der Waals surface area contributed by atoms with E-state index in [-0.39, 0.29) is 10.8 Å². The molecule has 0 saturated heterocycles. The van der Waals surface area contributed by atoms with Crippen LogP contribution in [0.4, 0.5) is 5.69 Å². The lowest BCUT2D eigenvalue weighted by Gasteiger charge is -2.14. The van der Waals surface area contributed by atoms with Crippen molar-refractivity contribution in [2.75, 3.05) is 19.8 Å². The maximum atomic E-state index is 12.2. The monoisotopic (exact) mass is 325 g/mol. The van der Waals surface area contributed by atoms with E-state index in [0.717, 1.165) is 29.0 Å². The number of hydrogen-bond donors (Lipinski definition) is 2. The molecule has 0 aliphatic heterocycles. The molecular weight excluding hydrogens is 306 g/mol. The van der Waals surface area contributed by atoms with E-state index < -0.39 is 10.0 Å². The molecule has 5 nitrogen and oxygen atoms in total. The molecule has 1 aromatic heterocycles. The minimum atomic E-state index is -3.51. The summed E-state index contributed by atoms with van der Waals surface area (Å²) in [6.07, 6.45) is 0. The summed E-state index contributed by atoms with van der Waals surface area (Å²) >= 11 is 1.12. The highest BCUT2D eigenvalue weighted by Gasteiger charge is 2.16. The van der Waals surface area contributed by atoms with Crippen LogP contribution >= 0.6 is 11.3 Å². The van der Waals surface area contributed by atoms with Crippen LogP contribution in [0.3, 0.4) is 0 Å². The van der Waals surface area contributed by atoms with E-state index in [2.05, 4.69) is 4.72 Å². The Morgan fingerprint density at radius 1 is 1.24 bits per heavy atom. The van der Waals surface area contributed by atoms with Crippen LogP contribution < -0.4 is 10.5 Å². The third-order valence-corrected chi connectivity index (χ3v) is 5.78. The minimum Gasteiger partial charge on any atom is -0.398 e. The van der Waals surface area contributed by atoms with Gasteiger partial charge in [0.05, 0.1) is 0 Å². The molecule has 1 heterocycles. The van der Waals surface area contributed by atoms with Crippen molar-refractivity contribution in [3.05, 3.63) is 46.8 Å². The Balaban J connectivity index is 2.13. The number of rotatable bonds is 6. The van der Waals surface area contributed by atoms with E-state index >= 15 is 0 Å². The topological polar surface area (TPSA) is 75.4 Å². The molecule has 0 radical (unpaired) electrons. The third kappa shape index (κ3) is 4.28. The molecule has 3 N–H and O–H groups in total. The van der Waals surface area contributed by atoms with Crippen LogP contribution in [-0.4, -0.2) is 27.4 Å². The van der Waals surface area contributed by atoms with Crippen molar-refractivity contribution >= 4 is 27.0 Å². The smallest absolute Gasteiger partial charge is 0.250 e. The highest BCUT2D eigenvalue weighted by molar-refractivity contribution is 7.91. The van der Waals surface area contributed by atoms with E-state index in [1.165, 1.54) is 6.07 Å². The zero-order valence-corrected chi connectivity index (χ0v) is 13.7. The average Bonchev–Trinajstić information content (AvgIpc) is 2.85. The van der Waals surface area contributed by atoms with Gasteiger partial charge in [0.2, 0.25) is 10.0 Å². The minimum absolute atomic E-state index is 0.241. The number of benzene rings is 1. The van der Waals surface area contributed by atoms with Crippen LogP contribution in [0.1, 0.15) is 11.1 Å². The van der Waals surface area contributed by atoms with Gasteiger partial charge in [-0.2, -0.15) is 0 Å². The lowest BCUT2D eigenvalue weighted by Crippen LogP contribution is -2.23. The lowest BCUT2D eigenvalue weighted by atomic mass is 10.1. The van der Waals surface area contributed by atoms with Gasteiger partial charge in [-0.3, -0.25) is 0 Å². The number of anilines is 1. The second-order valence-electron chi connectivity index (χ2n) is 5.03. The van der Waals surface area contributed by atoms with Gasteiger partial charge < -0.3 is 10.6 Å². The van der Waals surface area contributed by atoms with Gasteiger partial charge in [0.15, 0.2) is 0 Å². The first-order valence-corrected chi connectivity index (χ1v) is 8.80. The van der Waals surface area contributed by atoms with Crippen LogP contribution in [0.5, 0.6) is 0 Å². The Kier molecular flexibility index (Phi) is 5.00. The second kappa shape index (κ2) is 6.57. The van der Waals surface area contributed by atoms with E-state index in [9.17, 15) is 8.42 Å². The summed E-state index contributed by atoms with van der Waals surface area (Å²) in [5.74, 6) is 0. The Labute approximate surface area is 129 Å². The molecule has 0 saturated carbocycles. The van der Waals surface area contributed by atoms with E-state index in [4.69, 9.17) is 5.73 Å². The van der Waals surface area contributed by atoms with Gasteiger partial charge in [-0.05, 0) is 31.3 Å². The fraction of sp³-hybridized carbons (Fsp3) is 0.286. The molecule has 0 aliphatic rings. The SMILES string of the molecule is CN(C)Cc1ccccc1CNS(=O)(=O)c1cc(N)cs1. The number of sulfonamides is 1. The number of nitrogens with two attached hydrogens (primary N) is 1. The number of nitrogens with one attached hydrogen (secondary N) is 1. The highest BCUT2D eigenvalue weighted by atomic mass is 32.2. The van der Waals surface area contributed by atoms with Crippen molar-refractivity contribution in [1.29, 1.82) is 0 Å². The lowest BCUT2D eigenvalue weighted by molar-refractivity contribution is 0.400. The zero-order chi connectivity index (χ0) is 15.5. The third-order valence-electron chi connectivity index (χ3n) is 2.92. The van der Waals surface area contributed by atoms with E-state index in [0.29, 0.717) is 5.69 Å². The average molecular weight is 325 g/mol. The predicted octanol–water partition coefficient (Wildman–Crippen LogP) is 1.87. The first-order chi connectivity index (χ1) is 9.88. The second-order valence-corrected chi connectivity index (χ2v) is 7.94. The van der Waals surface area contributed by atoms with Gasteiger partial charge in [0.1, 0.15) is 4.21 Å². The van der Waals surface area contributed by atoms with Crippen LogP contribution in [0.15, 0.2) is 39.9 Å². The molecule has 21 heavy (non-hydrogen) atoms. The molecule has 114 valence electrons. The number of thiophene rings is 1. The molecule has 0 atom stereocenters. The normalized spacial score (nSPS) is 12.0. The number of nitrogen functional groups attached to an aromatic ring is 1. The van der Waals surface area contributed by atoms with Gasteiger partial charge in [0.25, 0.3) is 0 Å². The highest BCUT2D eigenvalue weighted by Crippen LogP contribution is 2.21. The van der Waals surface area contributed by atoms with Gasteiger partial charge in [0, 0.05) is 24.2 Å². The molecule has 1 aromatic carbocycles. The van der Waals surface area contributed by atoms with Gasteiger partial charge in [-0.25, -0.2) is 13.1 Å². The summed E-state index contributed by atoms with van der Waals surface area (Å²) in [7, 11) is 0.455. The summed E-state index contributed by atoms with van der Waals surface area (Å²) in [6, 6.07) is 9.28. The summed E-state index contributed by atoms with van der Waals surface area (Å²) in [5, 5.41) is 1.62. The maximum absolute atomic E-state index is 12.2. The predicted molar refractivity (Wildman–Crippen MR) is 86.6 cm³/mol. The molecule has 0 unspecified atom stereocenters. The van der Waals surface area contributed by atoms with Crippen molar-refractivity contribution in [2.45, 2.75) is 17.3 Å². The molecule has 0 spiro atoms. The number of hydrogen-bond acceptors (Lipinski definition) is 5. The van der Waals surface area contributed by atoms with E-state index in [1.54, 1.807) is 5.38 Å². The largest absolute Gasteiger partial charge is 0.398 e. The maximum Gasteiger partial charge on any atom is 0.250 e. The van der Waals surface area contributed by atoms with Gasteiger partial charge in [-0.1, -0.05) is 24.3 Å². The Morgan fingerprint density at radius 3 is 2.48 bits per heavy atom. The number of nitrogens with zero attached hydrogens (tertiary/aromatic N) is 1. The van der Waals surface area contributed by atoms with Crippen LogP contribution in [0.25, 0.3) is 0 Å². The summed E-state index contributed by atoms with van der Waals surface area (Å²) in [4.78, 5) is 2.05. The molecule has 7 heteroatoms. The molecule has 0 amide bonds. The fourth-order valence-electron chi connectivity index (χ4n) is 1.94. The Hall–Kier alpha value is -1.41. The van der Waals surface area contributed by atoms with Crippen molar-refractivity contribution in [3.8, 4) is 0 Å². The van der Waals surface area contributed by atoms with Crippen molar-refractivity contribution in [2.24, 2.45) is 0 Å². The molecule has 2 rings (SSSR count). The first kappa shape index (κ1) is 16.0. The Bertz CT molecular complexity index is 709. The van der Waals surface area contributed by atoms with Gasteiger partial charge in [-0.15, -0.1) is 11.3 Å². The summed E-state index contributed by atoms with van der Waals surface area (Å²) in [6.45, 7) is 1.04. The van der Waals surface area contributed by atoms with Crippen molar-refractivity contribution in [3.63, 3.8) is 0 Å². The van der Waals surface area contributed by atoms with Crippen molar-refractivity contribution < 1.29 is 8.42 Å². The van der Waals surface area contributed by atoms with Crippen LogP contribution in [0.2, 0.25) is 0 Å². The fourth-order valence-corrected chi connectivity index (χ4v) is 4.07. The zero-order valence-electron chi connectivity index (χ0n) is 12.0. The van der Waals surface area contributed by atoms with Gasteiger partial charge >= 0.3 is 0 Å². The quantitative estimate of drug-likeness (QED) is 0.850. The van der Waals surface area contributed by atoms with Crippen LogP contribution in [-0.2, 0) is 23.1 Å². The van der Waals surface area contributed by atoms with Crippen molar-refractivity contribution in [1.82, 2.24) is 9.62 Å². The van der Waals surface area contributed by atoms with Crippen LogP contribution in [0, 0.1) is 0 Å². The molecule has 0 bridgehead atoms.